The van der Waals surface area contributed by atoms with Gasteiger partial charge in [0.2, 0.25) is 5.91 Å². The Hall–Kier alpha value is -1.42. The van der Waals surface area contributed by atoms with Crippen LogP contribution in [0.1, 0.15) is 25.7 Å². The van der Waals surface area contributed by atoms with Crippen LogP contribution in [0, 0.1) is 23.6 Å². The molecule has 2 N–H and O–H groups in total. The molecule has 2 aliphatic rings. The van der Waals surface area contributed by atoms with Crippen LogP contribution < -0.4 is 10.6 Å². The third-order valence-corrected chi connectivity index (χ3v) is 4.59. The number of fused-ring (bicyclic) bond motifs is 1. The first-order valence-corrected chi connectivity index (χ1v) is 7.46. The van der Waals surface area contributed by atoms with E-state index in [1.807, 2.05) is 0 Å². The Kier molecular flexibility index (Phi) is 3.74. The van der Waals surface area contributed by atoms with E-state index >= 15 is 0 Å². The fourth-order valence-electron chi connectivity index (χ4n) is 3.41. The van der Waals surface area contributed by atoms with Gasteiger partial charge in [-0.05, 0) is 56.2 Å². The number of amides is 1. The first kappa shape index (κ1) is 13.6. The van der Waals surface area contributed by atoms with Crippen molar-refractivity contribution in [1.29, 1.82) is 0 Å². The molecule has 108 valence electrons. The number of nitrogens with zero attached hydrogens (tertiary/aromatic N) is 1. The van der Waals surface area contributed by atoms with E-state index in [2.05, 4.69) is 0 Å². The molecule has 3 rings (SSSR count). The Labute approximate surface area is 118 Å². The van der Waals surface area contributed by atoms with Crippen molar-refractivity contribution in [3.63, 3.8) is 0 Å². The standard InChI is InChI=1S/C16H21FN2O/c17-14-4-1-2-5-15(14)19(7-3-6-18)16(20)13-9-11-8-12(11)10-13/h1-2,4-5,11-13H,3,6-10,18H2. The molecule has 0 saturated heterocycles. The van der Waals surface area contributed by atoms with Crippen LogP contribution >= 0.6 is 0 Å². The number of benzene rings is 1. The minimum atomic E-state index is -0.332. The smallest absolute Gasteiger partial charge is 0.230 e. The molecular formula is C16H21FN2O. The lowest BCUT2D eigenvalue weighted by molar-refractivity contribution is -0.122. The second-order valence-electron chi connectivity index (χ2n) is 6.01. The topological polar surface area (TPSA) is 46.3 Å². The second kappa shape index (κ2) is 5.52. The van der Waals surface area contributed by atoms with Gasteiger partial charge in [-0.2, -0.15) is 0 Å². The Morgan fingerprint density at radius 1 is 1.25 bits per heavy atom. The minimum Gasteiger partial charge on any atom is -0.330 e. The van der Waals surface area contributed by atoms with Crippen molar-refractivity contribution in [2.24, 2.45) is 23.5 Å². The zero-order valence-electron chi connectivity index (χ0n) is 11.6. The molecule has 2 unspecified atom stereocenters. The molecule has 0 aromatic heterocycles. The molecule has 1 aromatic carbocycles. The number of hydrogen-bond acceptors (Lipinski definition) is 2. The van der Waals surface area contributed by atoms with Crippen LogP contribution in [0.25, 0.3) is 0 Å². The molecule has 0 radical (unpaired) electrons. The highest BCUT2D eigenvalue weighted by Gasteiger charge is 2.48. The SMILES string of the molecule is NCCCN(C(=O)C1CC2CC2C1)c1ccccc1F. The molecule has 20 heavy (non-hydrogen) atoms. The van der Waals surface area contributed by atoms with Gasteiger partial charge in [-0.15, -0.1) is 0 Å². The van der Waals surface area contributed by atoms with E-state index in [1.165, 1.54) is 12.5 Å². The summed E-state index contributed by atoms with van der Waals surface area (Å²) in [5, 5.41) is 0. The summed E-state index contributed by atoms with van der Waals surface area (Å²) >= 11 is 0. The maximum Gasteiger partial charge on any atom is 0.230 e. The van der Waals surface area contributed by atoms with Crippen LogP contribution in [0.4, 0.5) is 10.1 Å². The quantitative estimate of drug-likeness (QED) is 0.898. The van der Waals surface area contributed by atoms with E-state index in [-0.39, 0.29) is 17.6 Å². The first-order chi connectivity index (χ1) is 9.70. The second-order valence-corrected chi connectivity index (χ2v) is 6.01. The Bertz CT molecular complexity index is 495. The summed E-state index contributed by atoms with van der Waals surface area (Å²) < 4.78 is 14.0. The van der Waals surface area contributed by atoms with Gasteiger partial charge in [-0.25, -0.2) is 4.39 Å². The molecule has 0 heterocycles. The molecule has 0 bridgehead atoms. The van der Waals surface area contributed by atoms with E-state index in [9.17, 15) is 9.18 Å². The molecule has 4 heteroatoms. The zero-order valence-corrected chi connectivity index (χ0v) is 11.6. The van der Waals surface area contributed by atoms with Crippen LogP contribution in [-0.2, 0) is 4.79 Å². The van der Waals surface area contributed by atoms with Crippen LogP contribution in [-0.4, -0.2) is 19.0 Å². The summed E-state index contributed by atoms with van der Waals surface area (Å²) in [6, 6.07) is 6.51. The lowest BCUT2D eigenvalue weighted by Gasteiger charge is -2.26. The number of carbonyl (C=O) groups is 1. The average Bonchev–Trinajstić information content (AvgIpc) is 3.07. The monoisotopic (exact) mass is 276 g/mol. The van der Waals surface area contributed by atoms with Gasteiger partial charge in [0.25, 0.3) is 0 Å². The predicted molar refractivity (Wildman–Crippen MR) is 76.7 cm³/mol. The van der Waals surface area contributed by atoms with Crippen molar-refractivity contribution in [2.75, 3.05) is 18.0 Å². The van der Waals surface area contributed by atoms with Gasteiger partial charge in [0.1, 0.15) is 5.82 Å². The molecular weight excluding hydrogens is 255 g/mol. The summed E-state index contributed by atoms with van der Waals surface area (Å²) in [5.41, 5.74) is 5.94. The van der Waals surface area contributed by atoms with Crippen LogP contribution in [0.2, 0.25) is 0 Å². The lowest BCUT2D eigenvalue weighted by atomic mass is 10.0. The fourth-order valence-corrected chi connectivity index (χ4v) is 3.41. The highest BCUT2D eigenvalue weighted by atomic mass is 19.1. The van der Waals surface area contributed by atoms with E-state index in [4.69, 9.17) is 5.73 Å². The van der Waals surface area contributed by atoms with E-state index in [0.717, 1.165) is 24.7 Å². The molecule has 2 saturated carbocycles. The maximum absolute atomic E-state index is 14.0. The fraction of sp³-hybridized carbons (Fsp3) is 0.562. The largest absolute Gasteiger partial charge is 0.330 e. The van der Waals surface area contributed by atoms with Crippen LogP contribution in [0.5, 0.6) is 0 Å². The minimum absolute atomic E-state index is 0.0794. The Balaban J connectivity index is 1.78. The third-order valence-electron chi connectivity index (χ3n) is 4.59. The number of rotatable bonds is 5. The van der Waals surface area contributed by atoms with Gasteiger partial charge in [-0.3, -0.25) is 4.79 Å². The summed E-state index contributed by atoms with van der Waals surface area (Å²) in [5.74, 6) is 1.33. The average molecular weight is 276 g/mol. The third kappa shape index (κ3) is 2.57. The predicted octanol–water partition coefficient (Wildman–Crippen LogP) is 2.55. The van der Waals surface area contributed by atoms with Gasteiger partial charge in [0.05, 0.1) is 5.69 Å². The van der Waals surface area contributed by atoms with E-state index in [0.29, 0.717) is 25.2 Å². The van der Waals surface area contributed by atoms with Crippen molar-refractivity contribution in [1.82, 2.24) is 0 Å². The van der Waals surface area contributed by atoms with E-state index < -0.39 is 0 Å². The van der Waals surface area contributed by atoms with Gasteiger partial charge in [-0.1, -0.05) is 12.1 Å². The van der Waals surface area contributed by atoms with Crippen molar-refractivity contribution < 1.29 is 9.18 Å². The van der Waals surface area contributed by atoms with Crippen LogP contribution in [0.3, 0.4) is 0 Å². The van der Waals surface area contributed by atoms with Crippen molar-refractivity contribution in [3.8, 4) is 0 Å². The molecule has 0 spiro atoms. The van der Waals surface area contributed by atoms with Gasteiger partial charge in [0.15, 0.2) is 0 Å². The summed E-state index contributed by atoms with van der Waals surface area (Å²) in [4.78, 5) is 14.3. The number of carbonyl (C=O) groups excluding carboxylic acids is 1. The van der Waals surface area contributed by atoms with E-state index in [1.54, 1.807) is 23.1 Å². The van der Waals surface area contributed by atoms with Gasteiger partial charge < -0.3 is 10.6 Å². The summed E-state index contributed by atoms with van der Waals surface area (Å²) in [6.07, 6.45) is 3.94. The lowest BCUT2D eigenvalue weighted by Crippen LogP contribution is -2.38. The molecule has 0 aliphatic heterocycles. The highest BCUT2D eigenvalue weighted by molar-refractivity contribution is 5.95. The van der Waals surface area contributed by atoms with Crippen LogP contribution in [0.15, 0.2) is 24.3 Å². The maximum atomic E-state index is 14.0. The Morgan fingerprint density at radius 2 is 1.95 bits per heavy atom. The molecule has 2 aliphatic carbocycles. The molecule has 2 atom stereocenters. The number of hydrogen-bond donors (Lipinski definition) is 1. The molecule has 2 fully saturated rings. The molecule has 1 aromatic rings. The van der Waals surface area contributed by atoms with Gasteiger partial charge >= 0.3 is 0 Å². The van der Waals surface area contributed by atoms with Crippen molar-refractivity contribution in [2.45, 2.75) is 25.7 Å². The summed E-state index contributed by atoms with van der Waals surface area (Å²) in [7, 11) is 0. The first-order valence-electron chi connectivity index (χ1n) is 7.46. The molecule has 1 amide bonds. The van der Waals surface area contributed by atoms with Crippen molar-refractivity contribution in [3.05, 3.63) is 30.1 Å². The van der Waals surface area contributed by atoms with Gasteiger partial charge in [0, 0.05) is 12.5 Å². The number of nitrogens with two attached hydrogens (primary N) is 1. The number of anilines is 1. The number of para-hydroxylation sites is 1. The zero-order chi connectivity index (χ0) is 14.1. The highest BCUT2D eigenvalue weighted by Crippen LogP contribution is 2.54. The summed E-state index contributed by atoms with van der Waals surface area (Å²) in [6.45, 7) is 1.01. The molecule has 3 nitrogen and oxygen atoms in total. The normalized spacial score (nSPS) is 27.2. The number of halogens is 1. The van der Waals surface area contributed by atoms with Crippen molar-refractivity contribution >= 4 is 11.6 Å². The Morgan fingerprint density at radius 3 is 2.60 bits per heavy atom.